The molecule has 122 valence electrons. The van der Waals surface area contributed by atoms with Crippen molar-refractivity contribution in [3.8, 4) is 0 Å². The van der Waals surface area contributed by atoms with Crippen molar-refractivity contribution in [1.82, 2.24) is 14.9 Å². The second kappa shape index (κ2) is 6.66. The van der Waals surface area contributed by atoms with Crippen molar-refractivity contribution in [2.45, 2.75) is 39.7 Å². The van der Waals surface area contributed by atoms with Crippen LogP contribution in [0.3, 0.4) is 0 Å². The van der Waals surface area contributed by atoms with Gasteiger partial charge < -0.3 is 10.2 Å². The molecule has 3 rings (SSSR count). The maximum absolute atomic E-state index is 12.4. The van der Waals surface area contributed by atoms with E-state index in [4.69, 9.17) is 0 Å². The number of nitrogens with zero attached hydrogens (tertiary/aromatic N) is 3. The molecule has 0 saturated heterocycles. The van der Waals surface area contributed by atoms with E-state index in [-0.39, 0.29) is 18.4 Å². The zero-order chi connectivity index (χ0) is 16.4. The van der Waals surface area contributed by atoms with Crippen molar-refractivity contribution < 1.29 is 4.79 Å². The normalized spacial score (nSPS) is 14.0. The Labute approximate surface area is 140 Å². The van der Waals surface area contributed by atoms with Crippen LogP contribution in [0.15, 0.2) is 17.5 Å². The number of carbonyl (C=O) groups is 1. The molecule has 0 spiro atoms. The molecule has 0 saturated carbocycles. The highest BCUT2D eigenvalue weighted by molar-refractivity contribution is 7.10. The van der Waals surface area contributed by atoms with Crippen molar-refractivity contribution in [3.63, 3.8) is 0 Å². The maximum atomic E-state index is 12.4. The number of amides is 1. The van der Waals surface area contributed by atoms with E-state index in [9.17, 15) is 4.79 Å². The summed E-state index contributed by atoms with van der Waals surface area (Å²) in [6.07, 6.45) is 0.961. The third-order valence-corrected chi connectivity index (χ3v) is 4.99. The Kier molecular flexibility index (Phi) is 4.61. The Bertz CT molecular complexity index is 710. The Morgan fingerprint density at radius 2 is 2.26 bits per heavy atom. The highest BCUT2D eigenvalue weighted by Crippen LogP contribution is 2.24. The molecule has 5 nitrogen and oxygen atoms in total. The topological polar surface area (TPSA) is 58.1 Å². The van der Waals surface area contributed by atoms with Crippen LogP contribution in [-0.4, -0.2) is 33.9 Å². The number of nitrogens with one attached hydrogen (secondary N) is 1. The van der Waals surface area contributed by atoms with E-state index < -0.39 is 0 Å². The molecule has 0 unspecified atom stereocenters. The van der Waals surface area contributed by atoms with Gasteiger partial charge in [0.1, 0.15) is 11.6 Å². The van der Waals surface area contributed by atoms with Crippen molar-refractivity contribution >= 4 is 23.1 Å². The molecule has 0 aromatic carbocycles. The Balaban J connectivity index is 1.61. The first-order valence-electron chi connectivity index (χ1n) is 7.95. The SMILES string of the molecule is Cc1cc(NCC(=O)N2CCc3sccc3C2)nc(C(C)C)n1. The smallest absolute Gasteiger partial charge is 0.242 e. The quantitative estimate of drug-likeness (QED) is 0.936. The van der Waals surface area contributed by atoms with Crippen LogP contribution in [0, 0.1) is 6.92 Å². The second-order valence-corrected chi connectivity index (χ2v) is 7.20. The minimum Gasteiger partial charge on any atom is -0.361 e. The molecule has 0 radical (unpaired) electrons. The van der Waals surface area contributed by atoms with Gasteiger partial charge in [0, 0.05) is 35.6 Å². The summed E-state index contributed by atoms with van der Waals surface area (Å²) in [5.74, 6) is 1.91. The van der Waals surface area contributed by atoms with Gasteiger partial charge in [-0.05, 0) is 30.4 Å². The molecule has 0 aliphatic carbocycles. The lowest BCUT2D eigenvalue weighted by Crippen LogP contribution is -2.38. The van der Waals surface area contributed by atoms with E-state index >= 15 is 0 Å². The number of rotatable bonds is 4. The van der Waals surface area contributed by atoms with Gasteiger partial charge in [0.25, 0.3) is 0 Å². The summed E-state index contributed by atoms with van der Waals surface area (Å²) in [5, 5.41) is 5.26. The fraction of sp³-hybridized carbons (Fsp3) is 0.471. The van der Waals surface area contributed by atoms with Crippen LogP contribution in [-0.2, 0) is 17.8 Å². The number of aromatic nitrogens is 2. The van der Waals surface area contributed by atoms with Crippen LogP contribution in [0.5, 0.6) is 0 Å². The number of fused-ring (bicyclic) bond motifs is 1. The molecule has 1 aliphatic rings. The van der Waals surface area contributed by atoms with Crippen molar-refractivity contribution in [2.75, 3.05) is 18.4 Å². The Hall–Kier alpha value is -1.95. The third kappa shape index (κ3) is 3.69. The summed E-state index contributed by atoms with van der Waals surface area (Å²) >= 11 is 1.78. The fourth-order valence-corrected chi connectivity index (χ4v) is 3.57. The summed E-state index contributed by atoms with van der Waals surface area (Å²) in [6, 6.07) is 4.00. The van der Waals surface area contributed by atoms with Gasteiger partial charge in [-0.25, -0.2) is 9.97 Å². The number of aryl methyl sites for hydroxylation is 1. The van der Waals surface area contributed by atoms with E-state index in [1.165, 1.54) is 10.4 Å². The van der Waals surface area contributed by atoms with Crippen molar-refractivity contribution in [3.05, 3.63) is 39.5 Å². The molecular weight excluding hydrogens is 308 g/mol. The average Bonchev–Trinajstić information content (AvgIpc) is 2.99. The number of hydrogen-bond donors (Lipinski definition) is 1. The summed E-state index contributed by atoms with van der Waals surface area (Å²) in [5.41, 5.74) is 2.20. The highest BCUT2D eigenvalue weighted by Gasteiger charge is 2.21. The van der Waals surface area contributed by atoms with Crippen LogP contribution in [0.25, 0.3) is 0 Å². The van der Waals surface area contributed by atoms with Crippen LogP contribution < -0.4 is 5.32 Å². The Morgan fingerprint density at radius 1 is 1.43 bits per heavy atom. The van der Waals surface area contributed by atoms with E-state index in [2.05, 4.69) is 40.6 Å². The molecule has 3 heterocycles. The lowest BCUT2D eigenvalue weighted by atomic mass is 10.1. The summed E-state index contributed by atoms with van der Waals surface area (Å²) in [7, 11) is 0. The molecular formula is C17H22N4OS. The van der Waals surface area contributed by atoms with Gasteiger partial charge in [0.15, 0.2) is 0 Å². The first-order chi connectivity index (χ1) is 11.0. The van der Waals surface area contributed by atoms with Gasteiger partial charge in [-0.2, -0.15) is 0 Å². The van der Waals surface area contributed by atoms with Gasteiger partial charge in [-0.1, -0.05) is 13.8 Å². The van der Waals surface area contributed by atoms with Gasteiger partial charge in [-0.15, -0.1) is 11.3 Å². The minimum absolute atomic E-state index is 0.115. The molecule has 2 aromatic rings. The largest absolute Gasteiger partial charge is 0.361 e. The average molecular weight is 330 g/mol. The molecule has 1 aliphatic heterocycles. The molecule has 1 N–H and O–H groups in total. The third-order valence-electron chi connectivity index (χ3n) is 3.97. The second-order valence-electron chi connectivity index (χ2n) is 6.20. The number of carbonyl (C=O) groups excluding carboxylic acids is 1. The van der Waals surface area contributed by atoms with Gasteiger partial charge in [0.05, 0.1) is 6.54 Å². The minimum atomic E-state index is 0.115. The molecule has 6 heteroatoms. The zero-order valence-electron chi connectivity index (χ0n) is 13.8. The van der Waals surface area contributed by atoms with Gasteiger partial charge in [-0.3, -0.25) is 4.79 Å². The van der Waals surface area contributed by atoms with Crippen molar-refractivity contribution in [1.29, 1.82) is 0 Å². The van der Waals surface area contributed by atoms with Crippen LogP contribution in [0.4, 0.5) is 5.82 Å². The number of anilines is 1. The van der Waals surface area contributed by atoms with Crippen LogP contribution >= 0.6 is 11.3 Å². The predicted octanol–water partition coefficient (Wildman–Crippen LogP) is 2.97. The number of hydrogen-bond acceptors (Lipinski definition) is 5. The standard InChI is InChI=1S/C17H22N4OS/c1-11(2)17-19-12(3)8-15(20-17)18-9-16(22)21-6-4-14-13(10-21)5-7-23-14/h5,7-8,11H,4,6,9-10H2,1-3H3,(H,18,19,20). The molecule has 0 bridgehead atoms. The first-order valence-corrected chi connectivity index (χ1v) is 8.83. The van der Waals surface area contributed by atoms with Crippen LogP contribution in [0.2, 0.25) is 0 Å². The molecule has 0 atom stereocenters. The summed E-state index contributed by atoms with van der Waals surface area (Å²) < 4.78 is 0. The lowest BCUT2D eigenvalue weighted by molar-refractivity contribution is -0.130. The number of thiophene rings is 1. The van der Waals surface area contributed by atoms with E-state index in [0.717, 1.165) is 36.8 Å². The summed E-state index contributed by atoms with van der Waals surface area (Å²) in [6.45, 7) is 7.87. The van der Waals surface area contributed by atoms with Crippen molar-refractivity contribution in [2.24, 2.45) is 0 Å². The van der Waals surface area contributed by atoms with Crippen LogP contribution in [0.1, 0.15) is 41.7 Å². The monoisotopic (exact) mass is 330 g/mol. The van der Waals surface area contributed by atoms with E-state index in [0.29, 0.717) is 0 Å². The highest BCUT2D eigenvalue weighted by atomic mass is 32.1. The molecule has 1 amide bonds. The first kappa shape index (κ1) is 15.9. The Morgan fingerprint density at radius 3 is 3.04 bits per heavy atom. The molecule has 23 heavy (non-hydrogen) atoms. The van der Waals surface area contributed by atoms with E-state index in [1.54, 1.807) is 11.3 Å². The molecule has 0 fully saturated rings. The van der Waals surface area contributed by atoms with Gasteiger partial charge >= 0.3 is 0 Å². The van der Waals surface area contributed by atoms with Gasteiger partial charge in [0.2, 0.25) is 5.91 Å². The summed E-state index contributed by atoms with van der Waals surface area (Å²) in [4.78, 5) is 24.7. The fourth-order valence-electron chi connectivity index (χ4n) is 2.68. The lowest BCUT2D eigenvalue weighted by Gasteiger charge is -2.27. The molecule has 2 aromatic heterocycles. The predicted molar refractivity (Wildman–Crippen MR) is 92.8 cm³/mol. The van der Waals surface area contributed by atoms with E-state index in [1.807, 2.05) is 17.9 Å². The zero-order valence-corrected chi connectivity index (χ0v) is 14.6. The maximum Gasteiger partial charge on any atom is 0.242 e.